The highest BCUT2D eigenvalue weighted by Crippen LogP contribution is 2.32. The van der Waals surface area contributed by atoms with Crippen molar-refractivity contribution < 1.29 is 27.5 Å². The van der Waals surface area contributed by atoms with E-state index in [1.54, 1.807) is 42.5 Å². The Bertz CT molecular complexity index is 1340. The van der Waals surface area contributed by atoms with Crippen molar-refractivity contribution >= 4 is 33.2 Å². The predicted molar refractivity (Wildman–Crippen MR) is 131 cm³/mol. The van der Waals surface area contributed by atoms with E-state index in [2.05, 4.69) is 15.4 Å². The topological polar surface area (TPSA) is 123 Å². The predicted octanol–water partition coefficient (Wildman–Crippen LogP) is 3.33. The number of amides is 2. The van der Waals surface area contributed by atoms with Gasteiger partial charge in [-0.3, -0.25) is 14.3 Å². The third kappa shape index (κ3) is 6.10. The summed E-state index contributed by atoms with van der Waals surface area (Å²) in [6.07, 6.45) is 0.0934. The third-order valence-electron chi connectivity index (χ3n) is 5.27. The Kier molecular flexibility index (Phi) is 7.21. The number of rotatable bonds is 8. The highest BCUT2D eigenvalue weighted by atomic mass is 32.2. The smallest absolute Gasteiger partial charge is 0.262 e. The number of benzene rings is 3. The Labute approximate surface area is 203 Å². The van der Waals surface area contributed by atoms with Gasteiger partial charge in [0.25, 0.3) is 15.9 Å². The summed E-state index contributed by atoms with van der Waals surface area (Å²) >= 11 is 0. The molecule has 4 rings (SSSR count). The molecule has 9 nitrogen and oxygen atoms in total. The molecular formula is C25H25N3O6S. The Morgan fingerprint density at radius 3 is 2.31 bits per heavy atom. The number of hydrogen-bond acceptors (Lipinski definition) is 6. The molecule has 3 aromatic rings. The van der Waals surface area contributed by atoms with E-state index >= 15 is 0 Å². The zero-order chi connectivity index (χ0) is 24.8. The average molecular weight is 496 g/mol. The van der Waals surface area contributed by atoms with E-state index < -0.39 is 10.0 Å². The largest absolute Gasteiger partial charge is 0.486 e. The van der Waals surface area contributed by atoms with Crippen molar-refractivity contribution in [3.05, 3.63) is 77.9 Å². The second kappa shape index (κ2) is 10.5. The molecule has 0 saturated carbocycles. The van der Waals surface area contributed by atoms with Crippen molar-refractivity contribution in [3.8, 4) is 11.5 Å². The molecule has 0 spiro atoms. The monoisotopic (exact) mass is 495 g/mol. The SMILES string of the molecule is Cc1ccccc1C(=O)NCCC(=O)Nc1ccc(NS(=O)(=O)c2ccc3c(c2)OCCO3)cc1. The Hall–Kier alpha value is -4.05. The van der Waals surface area contributed by atoms with E-state index in [4.69, 9.17) is 9.47 Å². The Morgan fingerprint density at radius 1 is 0.886 bits per heavy atom. The lowest BCUT2D eigenvalue weighted by molar-refractivity contribution is -0.116. The lowest BCUT2D eigenvalue weighted by atomic mass is 10.1. The molecule has 0 aliphatic carbocycles. The molecule has 182 valence electrons. The van der Waals surface area contributed by atoms with E-state index in [0.29, 0.717) is 41.7 Å². The summed E-state index contributed by atoms with van der Waals surface area (Å²) < 4.78 is 38.8. The van der Waals surface area contributed by atoms with Crippen LogP contribution in [-0.4, -0.2) is 40.0 Å². The lowest BCUT2D eigenvalue weighted by Crippen LogP contribution is -2.28. The van der Waals surface area contributed by atoms with Gasteiger partial charge in [-0.2, -0.15) is 0 Å². The van der Waals surface area contributed by atoms with Crippen molar-refractivity contribution in [1.29, 1.82) is 0 Å². The minimum atomic E-state index is -3.84. The van der Waals surface area contributed by atoms with E-state index in [1.807, 2.05) is 19.1 Å². The molecular weight excluding hydrogens is 470 g/mol. The molecule has 0 radical (unpaired) electrons. The number of carbonyl (C=O) groups excluding carboxylic acids is 2. The van der Waals surface area contributed by atoms with Gasteiger partial charge in [-0.1, -0.05) is 18.2 Å². The number of carbonyl (C=O) groups is 2. The van der Waals surface area contributed by atoms with E-state index in [9.17, 15) is 18.0 Å². The van der Waals surface area contributed by atoms with Crippen LogP contribution in [0.3, 0.4) is 0 Å². The van der Waals surface area contributed by atoms with Gasteiger partial charge in [-0.05, 0) is 55.0 Å². The van der Waals surface area contributed by atoms with Crippen molar-refractivity contribution in [3.63, 3.8) is 0 Å². The van der Waals surface area contributed by atoms with Gasteiger partial charge in [0.1, 0.15) is 13.2 Å². The number of anilines is 2. The fourth-order valence-electron chi connectivity index (χ4n) is 3.46. The first-order valence-electron chi connectivity index (χ1n) is 11.0. The van der Waals surface area contributed by atoms with Gasteiger partial charge < -0.3 is 20.1 Å². The maximum atomic E-state index is 12.7. The van der Waals surface area contributed by atoms with Gasteiger partial charge in [0.05, 0.1) is 4.90 Å². The molecule has 3 N–H and O–H groups in total. The fraction of sp³-hybridized carbons (Fsp3) is 0.200. The Morgan fingerprint density at radius 2 is 1.57 bits per heavy atom. The maximum absolute atomic E-state index is 12.7. The second-order valence-electron chi connectivity index (χ2n) is 7.86. The van der Waals surface area contributed by atoms with Crippen LogP contribution >= 0.6 is 0 Å². The summed E-state index contributed by atoms with van der Waals surface area (Å²) in [4.78, 5) is 24.5. The van der Waals surface area contributed by atoms with Crippen LogP contribution in [0.1, 0.15) is 22.3 Å². The molecule has 35 heavy (non-hydrogen) atoms. The van der Waals surface area contributed by atoms with Crippen LogP contribution in [0, 0.1) is 6.92 Å². The van der Waals surface area contributed by atoms with Crippen molar-refractivity contribution in [2.75, 3.05) is 29.8 Å². The zero-order valence-electron chi connectivity index (χ0n) is 19.0. The summed E-state index contributed by atoms with van der Waals surface area (Å²) in [5.41, 5.74) is 2.27. The van der Waals surface area contributed by atoms with E-state index in [0.717, 1.165) is 5.56 Å². The standard InChI is InChI=1S/C25H25N3O6S/c1-17-4-2-3-5-21(17)25(30)26-13-12-24(29)27-18-6-8-19(9-7-18)28-35(31,32)20-10-11-22-23(16-20)34-15-14-33-22/h2-11,16,28H,12-15H2,1H3,(H,26,30)(H,27,29). The number of fused-ring (bicyclic) bond motifs is 1. The molecule has 1 aliphatic rings. The van der Waals surface area contributed by atoms with Gasteiger partial charge in [0, 0.05) is 36.0 Å². The zero-order valence-corrected chi connectivity index (χ0v) is 19.9. The quantitative estimate of drug-likeness (QED) is 0.441. The summed E-state index contributed by atoms with van der Waals surface area (Å²) in [7, 11) is -3.84. The summed E-state index contributed by atoms with van der Waals surface area (Å²) in [6, 6.07) is 17.9. The van der Waals surface area contributed by atoms with Crippen molar-refractivity contribution in [1.82, 2.24) is 5.32 Å². The number of sulfonamides is 1. The van der Waals surface area contributed by atoms with Gasteiger partial charge in [0.2, 0.25) is 5.91 Å². The summed E-state index contributed by atoms with van der Waals surface area (Å²) in [5.74, 6) is 0.377. The highest BCUT2D eigenvalue weighted by molar-refractivity contribution is 7.92. The minimum Gasteiger partial charge on any atom is -0.486 e. The highest BCUT2D eigenvalue weighted by Gasteiger charge is 2.19. The molecule has 0 atom stereocenters. The number of ether oxygens (including phenoxy) is 2. The van der Waals surface area contributed by atoms with Crippen LogP contribution in [0.25, 0.3) is 0 Å². The number of nitrogens with one attached hydrogen (secondary N) is 3. The molecule has 1 aliphatic heterocycles. The molecule has 2 amide bonds. The molecule has 0 unspecified atom stereocenters. The molecule has 10 heteroatoms. The molecule has 0 saturated heterocycles. The number of aryl methyl sites for hydroxylation is 1. The molecule has 1 heterocycles. The van der Waals surface area contributed by atoms with E-state index in [-0.39, 0.29) is 29.7 Å². The van der Waals surface area contributed by atoms with Gasteiger partial charge in [-0.25, -0.2) is 8.42 Å². The second-order valence-corrected chi connectivity index (χ2v) is 9.54. The molecule has 3 aromatic carbocycles. The van der Waals surface area contributed by atoms with Crippen LogP contribution in [0.2, 0.25) is 0 Å². The summed E-state index contributed by atoms with van der Waals surface area (Å²) in [6.45, 7) is 2.81. The molecule has 0 aromatic heterocycles. The van der Waals surface area contributed by atoms with Crippen molar-refractivity contribution in [2.24, 2.45) is 0 Å². The van der Waals surface area contributed by atoms with Crippen LogP contribution in [-0.2, 0) is 14.8 Å². The third-order valence-corrected chi connectivity index (χ3v) is 6.65. The van der Waals surface area contributed by atoms with Gasteiger partial charge >= 0.3 is 0 Å². The first-order valence-corrected chi connectivity index (χ1v) is 12.5. The van der Waals surface area contributed by atoms with Crippen LogP contribution in [0.5, 0.6) is 11.5 Å². The normalized spacial score (nSPS) is 12.5. The molecule has 0 bridgehead atoms. The first-order chi connectivity index (χ1) is 16.8. The van der Waals surface area contributed by atoms with Crippen LogP contribution in [0.4, 0.5) is 11.4 Å². The minimum absolute atomic E-state index is 0.0480. The fourth-order valence-corrected chi connectivity index (χ4v) is 4.54. The van der Waals surface area contributed by atoms with Gasteiger partial charge in [0.15, 0.2) is 11.5 Å². The number of hydrogen-bond donors (Lipinski definition) is 3. The molecule has 0 fully saturated rings. The van der Waals surface area contributed by atoms with Gasteiger partial charge in [-0.15, -0.1) is 0 Å². The van der Waals surface area contributed by atoms with Crippen LogP contribution < -0.4 is 24.8 Å². The summed E-state index contributed by atoms with van der Waals surface area (Å²) in [5, 5.41) is 5.46. The lowest BCUT2D eigenvalue weighted by Gasteiger charge is -2.19. The van der Waals surface area contributed by atoms with E-state index in [1.165, 1.54) is 12.1 Å². The maximum Gasteiger partial charge on any atom is 0.262 e. The Balaban J connectivity index is 1.29. The van der Waals surface area contributed by atoms with Crippen LogP contribution in [0.15, 0.2) is 71.6 Å². The van der Waals surface area contributed by atoms with Crippen molar-refractivity contribution in [2.45, 2.75) is 18.2 Å². The first kappa shape index (κ1) is 24.1. The average Bonchev–Trinajstić information content (AvgIpc) is 2.85.